The molecule has 0 aliphatic carbocycles. The minimum absolute atomic E-state index is 0.132. The average Bonchev–Trinajstić information content (AvgIpc) is 2.80. The monoisotopic (exact) mass is 495 g/mol. The number of allylic oxidation sites excluding steroid dienone is 1. The van der Waals surface area contributed by atoms with E-state index in [0.717, 1.165) is 29.0 Å². The van der Waals surface area contributed by atoms with Crippen LogP contribution < -0.4 is 15.4 Å². The molecule has 34 heavy (non-hydrogen) atoms. The van der Waals surface area contributed by atoms with E-state index < -0.39 is 0 Å². The Morgan fingerprint density at radius 1 is 1.09 bits per heavy atom. The van der Waals surface area contributed by atoms with Crippen molar-refractivity contribution in [2.45, 2.75) is 25.8 Å². The molecule has 1 aliphatic heterocycles. The number of pyridine rings is 1. The Morgan fingerprint density at radius 3 is 2.50 bits per heavy atom. The third kappa shape index (κ3) is 5.24. The first-order valence-electron chi connectivity index (χ1n) is 10.6. The number of carbonyl (C=O) groups is 2. The number of halogens is 2. The summed E-state index contributed by atoms with van der Waals surface area (Å²) >= 11 is 11.7. The van der Waals surface area contributed by atoms with E-state index in [2.05, 4.69) is 29.5 Å². The molecule has 0 spiro atoms. The van der Waals surface area contributed by atoms with E-state index in [1.54, 1.807) is 37.5 Å². The minimum atomic E-state index is -0.383. The summed E-state index contributed by atoms with van der Waals surface area (Å²) in [6.45, 7) is 4.19. The first-order valence-corrected chi connectivity index (χ1v) is 11.3. The number of carbonyl (C=O) groups excluding carboxylic acids is 2. The summed E-state index contributed by atoms with van der Waals surface area (Å²) in [5.74, 6) is 0.197. The van der Waals surface area contributed by atoms with Gasteiger partial charge in [-0.3, -0.25) is 9.59 Å². The summed E-state index contributed by atoms with van der Waals surface area (Å²) in [7, 11) is 1.62. The van der Waals surface area contributed by atoms with E-state index >= 15 is 0 Å². The number of amides is 1. The zero-order valence-electron chi connectivity index (χ0n) is 18.9. The molecule has 0 bridgehead atoms. The molecule has 6 nitrogen and oxygen atoms in total. The van der Waals surface area contributed by atoms with Crippen molar-refractivity contribution in [3.05, 3.63) is 93.2 Å². The highest BCUT2D eigenvalue weighted by molar-refractivity contribution is 6.41. The molecule has 0 atom stereocenters. The maximum absolute atomic E-state index is 13.0. The molecular weight excluding hydrogens is 473 g/mol. The molecule has 0 fully saturated rings. The highest BCUT2D eigenvalue weighted by Gasteiger charge is 2.28. The van der Waals surface area contributed by atoms with Gasteiger partial charge in [0, 0.05) is 40.3 Å². The van der Waals surface area contributed by atoms with Crippen molar-refractivity contribution in [2.24, 2.45) is 0 Å². The van der Waals surface area contributed by atoms with Gasteiger partial charge in [0.25, 0.3) is 5.91 Å². The lowest BCUT2D eigenvalue weighted by molar-refractivity contribution is 0.102. The maximum Gasteiger partial charge on any atom is 0.257 e. The van der Waals surface area contributed by atoms with Gasteiger partial charge in [0.2, 0.25) is 0 Å². The fraction of sp³-hybridized carbons (Fsp3) is 0.192. The molecule has 174 valence electrons. The van der Waals surface area contributed by atoms with E-state index in [1.807, 2.05) is 18.2 Å². The molecule has 2 aromatic carbocycles. The van der Waals surface area contributed by atoms with E-state index in [0.29, 0.717) is 11.3 Å². The van der Waals surface area contributed by atoms with Gasteiger partial charge >= 0.3 is 0 Å². The fourth-order valence-electron chi connectivity index (χ4n) is 3.83. The summed E-state index contributed by atoms with van der Waals surface area (Å²) in [5.41, 5.74) is 3.97. The second kappa shape index (κ2) is 9.49. The van der Waals surface area contributed by atoms with Crippen molar-refractivity contribution < 1.29 is 14.3 Å². The third-order valence-corrected chi connectivity index (χ3v) is 6.16. The summed E-state index contributed by atoms with van der Waals surface area (Å²) in [5, 5.41) is 6.55. The summed E-state index contributed by atoms with van der Waals surface area (Å²) in [6, 6.07) is 14.0. The predicted molar refractivity (Wildman–Crippen MR) is 135 cm³/mol. The second-order valence-electron chi connectivity index (χ2n) is 8.66. The predicted octanol–water partition coefficient (Wildman–Crippen LogP) is 5.80. The van der Waals surface area contributed by atoms with E-state index in [1.165, 1.54) is 12.3 Å². The summed E-state index contributed by atoms with van der Waals surface area (Å²) < 4.78 is 5.37. The third-order valence-electron chi connectivity index (χ3n) is 5.47. The molecule has 2 heterocycles. The first kappa shape index (κ1) is 23.8. The quantitative estimate of drug-likeness (QED) is 0.265. The molecule has 2 N–H and O–H groups in total. The molecule has 1 aliphatic rings. The van der Waals surface area contributed by atoms with Crippen molar-refractivity contribution >= 4 is 46.3 Å². The van der Waals surface area contributed by atoms with Crippen LogP contribution in [0.25, 0.3) is 5.70 Å². The number of anilines is 1. The molecule has 3 aromatic rings. The van der Waals surface area contributed by atoms with Crippen LogP contribution in [0.1, 0.15) is 45.7 Å². The second-order valence-corrected chi connectivity index (χ2v) is 9.42. The van der Waals surface area contributed by atoms with Gasteiger partial charge in [-0.15, -0.1) is 0 Å². The molecule has 0 unspecified atom stereocenters. The van der Waals surface area contributed by atoms with Crippen LogP contribution >= 0.6 is 23.2 Å². The number of methoxy groups -OCH3 is 1. The van der Waals surface area contributed by atoms with Gasteiger partial charge in [-0.2, -0.15) is 0 Å². The fourth-order valence-corrected chi connectivity index (χ4v) is 4.10. The largest absolute Gasteiger partial charge is 0.497 e. The van der Waals surface area contributed by atoms with Crippen LogP contribution in [0.5, 0.6) is 5.75 Å². The van der Waals surface area contributed by atoms with Crippen molar-refractivity contribution in [1.29, 1.82) is 0 Å². The average molecular weight is 496 g/mol. The Labute approximate surface area is 207 Å². The number of nitrogens with one attached hydrogen (secondary N) is 2. The molecule has 0 saturated carbocycles. The van der Waals surface area contributed by atoms with Gasteiger partial charge in [0.15, 0.2) is 5.78 Å². The van der Waals surface area contributed by atoms with Crippen molar-refractivity contribution in [3.63, 3.8) is 0 Å². The topological polar surface area (TPSA) is 80.3 Å². The molecule has 8 heteroatoms. The summed E-state index contributed by atoms with van der Waals surface area (Å²) in [6.07, 6.45) is 3.79. The normalized spacial score (nSPS) is 15.3. The molecule has 1 aromatic heterocycles. The van der Waals surface area contributed by atoms with Crippen LogP contribution in [0.15, 0.2) is 60.8 Å². The number of aromatic nitrogens is 1. The van der Waals surface area contributed by atoms with Crippen LogP contribution in [0.3, 0.4) is 0 Å². The lowest BCUT2D eigenvalue weighted by Crippen LogP contribution is -2.43. The van der Waals surface area contributed by atoms with E-state index in [-0.39, 0.29) is 33.0 Å². The van der Waals surface area contributed by atoms with Crippen LogP contribution in [-0.2, 0) is 6.42 Å². The van der Waals surface area contributed by atoms with Crippen LogP contribution in [0.4, 0.5) is 5.69 Å². The zero-order valence-corrected chi connectivity index (χ0v) is 20.4. The number of nitrogens with zero attached hydrogens (tertiary/aromatic N) is 1. The molecular formula is C26H23Cl2N3O3. The highest BCUT2D eigenvalue weighted by Crippen LogP contribution is 2.32. The highest BCUT2D eigenvalue weighted by atomic mass is 35.5. The lowest BCUT2D eigenvalue weighted by Gasteiger charge is -2.35. The Morgan fingerprint density at radius 2 is 1.82 bits per heavy atom. The summed E-state index contributed by atoms with van der Waals surface area (Å²) in [4.78, 5) is 29.4. The minimum Gasteiger partial charge on any atom is -0.497 e. The number of rotatable bonds is 5. The smallest absolute Gasteiger partial charge is 0.257 e. The van der Waals surface area contributed by atoms with Gasteiger partial charge in [0.05, 0.1) is 17.7 Å². The maximum atomic E-state index is 13.0. The number of hydrogen-bond donors (Lipinski definition) is 2. The van der Waals surface area contributed by atoms with Crippen LogP contribution in [0, 0.1) is 0 Å². The number of ketones is 1. The number of ether oxygens (including phenoxy) is 1. The molecule has 1 amide bonds. The van der Waals surface area contributed by atoms with Gasteiger partial charge in [-0.25, -0.2) is 4.98 Å². The van der Waals surface area contributed by atoms with E-state index in [4.69, 9.17) is 27.9 Å². The van der Waals surface area contributed by atoms with Gasteiger partial charge in [-0.1, -0.05) is 29.3 Å². The zero-order chi connectivity index (χ0) is 24.5. The Kier molecular flexibility index (Phi) is 6.64. The van der Waals surface area contributed by atoms with Crippen molar-refractivity contribution in [2.75, 3.05) is 12.4 Å². The van der Waals surface area contributed by atoms with Gasteiger partial charge in [-0.05, 0) is 68.3 Å². The number of benzene rings is 2. The van der Waals surface area contributed by atoms with E-state index in [9.17, 15) is 9.59 Å². The molecule has 0 radical (unpaired) electrons. The van der Waals surface area contributed by atoms with Gasteiger partial charge in [0.1, 0.15) is 10.9 Å². The van der Waals surface area contributed by atoms with Crippen LogP contribution in [-0.4, -0.2) is 29.3 Å². The standard InChI is InChI=1S/C26H23Cl2N3O3/c1-26(2)13-16-6-9-19(34-3)11-20(16)22(31-26)12-23(32)15-4-7-18(8-5-15)30-25(33)17-10-21(27)24(28)29-14-17/h4-12,14,31H,13H2,1-3H3,(H,30,33)/b22-12-. The Bertz CT molecular complexity index is 1300. The number of fused-ring (bicyclic) bond motifs is 1. The van der Waals surface area contributed by atoms with Crippen LogP contribution in [0.2, 0.25) is 10.2 Å². The molecule has 0 saturated heterocycles. The molecule has 4 rings (SSSR count). The lowest BCUT2D eigenvalue weighted by atomic mass is 9.85. The van der Waals surface area contributed by atoms with Gasteiger partial charge < -0.3 is 15.4 Å². The Balaban J connectivity index is 1.54. The van der Waals surface area contributed by atoms with Crippen molar-refractivity contribution in [1.82, 2.24) is 10.3 Å². The SMILES string of the molecule is COc1ccc2c(c1)/C(=C/C(=O)c1ccc(NC(=O)c3cnc(Cl)c(Cl)c3)cc1)NC(C)(C)C2. The first-order chi connectivity index (χ1) is 16.1. The number of hydrogen-bond acceptors (Lipinski definition) is 5. The Hall–Kier alpha value is -3.35. The van der Waals surface area contributed by atoms with Crippen molar-refractivity contribution in [3.8, 4) is 5.75 Å².